The van der Waals surface area contributed by atoms with Crippen LogP contribution in [0, 0.1) is 0 Å². The number of hydrogen-bond donors (Lipinski definition) is 0. The van der Waals surface area contributed by atoms with Gasteiger partial charge in [-0.05, 0) is 55.3 Å². The number of rotatable bonds is 0. The molecule has 94 valence electrons. The minimum atomic E-state index is 0.865. The Morgan fingerprint density at radius 3 is 1.94 bits per heavy atom. The molecule has 1 aromatic rings. The Labute approximate surface area is 108 Å². The standard InChI is InChI=1S/C16H25P/c17-16-12-3-1-2-8-14-9-4-5-10-15(14)11-6-7-13-16/h4-5,9-10,16H,1-3,6-8,11-13,17H2. The average Bonchev–Trinajstić information content (AvgIpc) is 2.34. The normalized spacial score (nSPS) is 23.2. The van der Waals surface area contributed by atoms with E-state index in [9.17, 15) is 0 Å². The molecule has 0 aromatic heterocycles. The summed E-state index contributed by atoms with van der Waals surface area (Å²) in [6, 6.07) is 9.06. The second kappa shape index (κ2) is 7.17. The molecule has 0 spiro atoms. The smallest absolute Gasteiger partial charge is 0.0264 e. The van der Waals surface area contributed by atoms with Gasteiger partial charge in [-0.25, -0.2) is 0 Å². The quantitative estimate of drug-likeness (QED) is 0.581. The molecule has 1 aliphatic carbocycles. The molecule has 0 nitrogen and oxygen atoms in total. The van der Waals surface area contributed by atoms with Crippen molar-refractivity contribution >= 4 is 9.24 Å². The highest BCUT2D eigenvalue weighted by Gasteiger charge is 2.06. The maximum atomic E-state index is 3.04. The van der Waals surface area contributed by atoms with Gasteiger partial charge >= 0.3 is 0 Å². The summed E-state index contributed by atoms with van der Waals surface area (Å²) in [5.41, 5.74) is 4.08. The van der Waals surface area contributed by atoms with Crippen molar-refractivity contribution in [2.24, 2.45) is 0 Å². The molecule has 0 aliphatic heterocycles. The summed E-state index contributed by atoms with van der Waals surface area (Å²) in [5.74, 6) is 0. The third-order valence-corrected chi connectivity index (χ3v) is 4.58. The Bertz CT molecular complexity index is 332. The van der Waals surface area contributed by atoms with Gasteiger partial charge in [-0.3, -0.25) is 0 Å². The maximum absolute atomic E-state index is 3.04. The molecule has 2 rings (SSSR count). The van der Waals surface area contributed by atoms with Gasteiger partial charge in [0.25, 0.3) is 0 Å². The molecular weight excluding hydrogens is 223 g/mol. The van der Waals surface area contributed by atoms with Gasteiger partial charge in [-0.1, -0.05) is 43.5 Å². The van der Waals surface area contributed by atoms with Crippen molar-refractivity contribution in [3.05, 3.63) is 35.4 Å². The van der Waals surface area contributed by atoms with Gasteiger partial charge in [0.2, 0.25) is 0 Å². The Morgan fingerprint density at radius 2 is 1.29 bits per heavy atom. The van der Waals surface area contributed by atoms with Crippen molar-refractivity contribution < 1.29 is 0 Å². The van der Waals surface area contributed by atoms with E-state index < -0.39 is 0 Å². The molecule has 0 radical (unpaired) electrons. The fourth-order valence-electron chi connectivity index (χ4n) is 2.81. The van der Waals surface area contributed by atoms with E-state index in [0.717, 1.165) is 5.66 Å². The molecule has 0 saturated carbocycles. The van der Waals surface area contributed by atoms with Gasteiger partial charge in [0.05, 0.1) is 0 Å². The first-order valence-electron chi connectivity index (χ1n) is 7.18. The van der Waals surface area contributed by atoms with Crippen LogP contribution in [0.25, 0.3) is 0 Å². The van der Waals surface area contributed by atoms with Crippen molar-refractivity contribution in [2.45, 2.75) is 63.4 Å². The Morgan fingerprint density at radius 1 is 0.765 bits per heavy atom. The van der Waals surface area contributed by atoms with Crippen molar-refractivity contribution in [3.63, 3.8) is 0 Å². The number of benzene rings is 1. The second-order valence-electron chi connectivity index (χ2n) is 5.37. The van der Waals surface area contributed by atoms with E-state index in [2.05, 4.69) is 33.5 Å². The van der Waals surface area contributed by atoms with E-state index in [1.54, 1.807) is 11.1 Å². The van der Waals surface area contributed by atoms with Gasteiger partial charge in [0.15, 0.2) is 0 Å². The zero-order valence-electron chi connectivity index (χ0n) is 10.8. The first-order chi connectivity index (χ1) is 8.36. The molecule has 1 aliphatic rings. The summed E-state index contributed by atoms with van der Waals surface area (Å²) in [5, 5.41) is 0. The molecule has 2 atom stereocenters. The van der Waals surface area contributed by atoms with Crippen LogP contribution in [0.5, 0.6) is 0 Å². The van der Waals surface area contributed by atoms with Crippen LogP contribution in [0.4, 0.5) is 0 Å². The summed E-state index contributed by atoms with van der Waals surface area (Å²) in [6.07, 6.45) is 12.3. The zero-order valence-corrected chi connectivity index (χ0v) is 12.0. The molecule has 0 fully saturated rings. The predicted molar refractivity (Wildman–Crippen MR) is 79.7 cm³/mol. The third-order valence-electron chi connectivity index (χ3n) is 3.91. The molecule has 0 amide bonds. The van der Waals surface area contributed by atoms with E-state index in [-0.39, 0.29) is 0 Å². The van der Waals surface area contributed by atoms with Crippen LogP contribution in [0.2, 0.25) is 0 Å². The highest BCUT2D eigenvalue weighted by molar-refractivity contribution is 7.17. The van der Waals surface area contributed by atoms with E-state index in [1.165, 1.54) is 57.8 Å². The Balaban J connectivity index is 1.99. The van der Waals surface area contributed by atoms with Crippen LogP contribution in [0.15, 0.2) is 24.3 Å². The van der Waals surface area contributed by atoms with E-state index in [1.807, 2.05) is 0 Å². The molecule has 0 N–H and O–H groups in total. The molecule has 1 heteroatoms. The summed E-state index contributed by atoms with van der Waals surface area (Å²) < 4.78 is 0. The molecule has 17 heavy (non-hydrogen) atoms. The van der Waals surface area contributed by atoms with Crippen LogP contribution < -0.4 is 0 Å². The van der Waals surface area contributed by atoms with Crippen LogP contribution >= 0.6 is 9.24 Å². The summed E-state index contributed by atoms with van der Waals surface area (Å²) in [6.45, 7) is 0. The van der Waals surface area contributed by atoms with Gasteiger partial charge in [-0.15, -0.1) is 9.24 Å². The predicted octanol–water partition coefficient (Wildman–Crippen LogP) is 4.76. The number of hydrogen-bond acceptors (Lipinski definition) is 0. The third kappa shape index (κ3) is 4.43. The summed E-state index contributed by atoms with van der Waals surface area (Å²) >= 11 is 0. The van der Waals surface area contributed by atoms with Crippen LogP contribution in [0.3, 0.4) is 0 Å². The highest BCUT2D eigenvalue weighted by atomic mass is 31.0. The molecule has 1 aromatic carbocycles. The fourth-order valence-corrected chi connectivity index (χ4v) is 3.28. The average molecular weight is 248 g/mol. The molecule has 0 heterocycles. The minimum Gasteiger partial charge on any atom is -0.134 e. The van der Waals surface area contributed by atoms with Crippen molar-refractivity contribution in [1.29, 1.82) is 0 Å². The second-order valence-corrected chi connectivity index (χ2v) is 6.32. The summed E-state index contributed by atoms with van der Waals surface area (Å²) in [7, 11) is 3.04. The lowest BCUT2D eigenvalue weighted by Crippen LogP contribution is -2.01. The van der Waals surface area contributed by atoms with Gasteiger partial charge < -0.3 is 0 Å². The first kappa shape index (κ1) is 13.1. The molecular formula is C16H25P. The first-order valence-corrected chi connectivity index (χ1v) is 7.85. The van der Waals surface area contributed by atoms with Gasteiger partial charge in [0.1, 0.15) is 0 Å². The van der Waals surface area contributed by atoms with E-state index in [4.69, 9.17) is 0 Å². The Kier molecular flexibility index (Phi) is 5.52. The van der Waals surface area contributed by atoms with Crippen LogP contribution in [0.1, 0.15) is 56.1 Å². The highest BCUT2D eigenvalue weighted by Crippen LogP contribution is 2.22. The van der Waals surface area contributed by atoms with Crippen molar-refractivity contribution in [2.75, 3.05) is 0 Å². The van der Waals surface area contributed by atoms with Gasteiger partial charge in [-0.2, -0.15) is 0 Å². The number of fused-ring (bicyclic) bond motifs is 1. The monoisotopic (exact) mass is 248 g/mol. The molecule has 2 unspecified atom stereocenters. The summed E-state index contributed by atoms with van der Waals surface area (Å²) in [4.78, 5) is 0. The topological polar surface area (TPSA) is 0 Å². The lowest BCUT2D eigenvalue weighted by molar-refractivity contribution is 0.569. The van der Waals surface area contributed by atoms with Crippen molar-refractivity contribution in [1.82, 2.24) is 0 Å². The molecule has 0 saturated heterocycles. The van der Waals surface area contributed by atoms with E-state index in [0.29, 0.717) is 0 Å². The lowest BCUT2D eigenvalue weighted by Gasteiger charge is -2.14. The van der Waals surface area contributed by atoms with Crippen LogP contribution in [-0.4, -0.2) is 5.66 Å². The Hall–Kier alpha value is -0.350. The fraction of sp³-hybridized carbons (Fsp3) is 0.625. The SMILES string of the molecule is PC1CCCCCc2ccccc2CCCC1. The van der Waals surface area contributed by atoms with Crippen LogP contribution in [-0.2, 0) is 12.8 Å². The molecule has 0 bridgehead atoms. The lowest BCUT2D eigenvalue weighted by atomic mass is 9.95. The van der Waals surface area contributed by atoms with Gasteiger partial charge in [0, 0.05) is 0 Å². The minimum absolute atomic E-state index is 0.865. The maximum Gasteiger partial charge on any atom is -0.0264 e. The van der Waals surface area contributed by atoms with E-state index >= 15 is 0 Å². The van der Waals surface area contributed by atoms with Crippen molar-refractivity contribution in [3.8, 4) is 0 Å². The largest absolute Gasteiger partial charge is 0.134 e. The zero-order chi connectivity index (χ0) is 11.9. The number of aryl methyl sites for hydroxylation is 2.